The van der Waals surface area contributed by atoms with Crippen LogP contribution in [0.4, 0.5) is 5.69 Å². The number of anilines is 1. The molecule has 5 heteroatoms. The van der Waals surface area contributed by atoms with Gasteiger partial charge in [-0.25, -0.2) is 0 Å². The van der Waals surface area contributed by atoms with Crippen LogP contribution in [0.2, 0.25) is 0 Å². The lowest BCUT2D eigenvalue weighted by molar-refractivity contribution is -0.125. The summed E-state index contributed by atoms with van der Waals surface area (Å²) in [4.78, 5) is 23.7. The number of aryl methyl sites for hydroxylation is 2. The maximum Gasteiger partial charge on any atom is 0.243 e. The first-order valence-electron chi connectivity index (χ1n) is 7.98. The van der Waals surface area contributed by atoms with Gasteiger partial charge >= 0.3 is 0 Å². The average molecular weight is 325 g/mol. The molecule has 4 N–H and O–H groups in total. The van der Waals surface area contributed by atoms with Crippen molar-refractivity contribution in [3.05, 3.63) is 65.7 Å². The first kappa shape index (κ1) is 17.7. The molecule has 0 aliphatic heterocycles. The number of hydrogen-bond donors (Lipinski definition) is 3. The second kappa shape index (κ2) is 8.84. The minimum Gasteiger partial charge on any atom is -0.346 e. The van der Waals surface area contributed by atoms with Gasteiger partial charge in [-0.15, -0.1) is 0 Å². The summed E-state index contributed by atoms with van der Waals surface area (Å²) in [5, 5.41) is 5.28. The monoisotopic (exact) mass is 325 g/mol. The fourth-order valence-corrected chi connectivity index (χ4v) is 2.23. The molecule has 24 heavy (non-hydrogen) atoms. The molecule has 0 aromatic heterocycles. The summed E-state index contributed by atoms with van der Waals surface area (Å²) in [7, 11) is 0. The number of rotatable bonds is 7. The lowest BCUT2D eigenvalue weighted by atomic mass is 10.0. The normalized spacial score (nSPS) is 11.6. The Labute approximate surface area is 142 Å². The zero-order valence-electron chi connectivity index (χ0n) is 13.8. The van der Waals surface area contributed by atoms with Crippen molar-refractivity contribution in [3.63, 3.8) is 0 Å². The van der Waals surface area contributed by atoms with Crippen molar-refractivity contribution in [2.45, 2.75) is 25.8 Å². The van der Waals surface area contributed by atoms with Gasteiger partial charge in [0.1, 0.15) is 0 Å². The third kappa shape index (κ3) is 5.85. The number of para-hydroxylation sites is 1. The highest BCUT2D eigenvalue weighted by atomic mass is 16.2. The predicted octanol–water partition coefficient (Wildman–Crippen LogP) is 2.01. The van der Waals surface area contributed by atoms with Crippen LogP contribution in [0.15, 0.2) is 54.6 Å². The SMILES string of the molecule is Cc1ccc(CC[C@H](N)C(=O)NCC(=O)Nc2ccccc2)cc1. The zero-order chi connectivity index (χ0) is 17.4. The number of carbonyl (C=O) groups is 2. The highest BCUT2D eigenvalue weighted by Crippen LogP contribution is 2.07. The van der Waals surface area contributed by atoms with Gasteiger partial charge in [-0.2, -0.15) is 0 Å². The summed E-state index contributed by atoms with van der Waals surface area (Å²) < 4.78 is 0. The predicted molar refractivity (Wildman–Crippen MR) is 95.6 cm³/mol. The summed E-state index contributed by atoms with van der Waals surface area (Å²) in [5.74, 6) is -0.592. The molecule has 0 radical (unpaired) electrons. The average Bonchev–Trinajstić information content (AvgIpc) is 2.59. The third-order valence-corrected chi connectivity index (χ3v) is 3.68. The smallest absolute Gasteiger partial charge is 0.243 e. The molecule has 2 amide bonds. The lowest BCUT2D eigenvalue weighted by Crippen LogP contribution is -2.43. The van der Waals surface area contributed by atoms with Gasteiger partial charge in [0.15, 0.2) is 0 Å². The van der Waals surface area contributed by atoms with E-state index in [-0.39, 0.29) is 18.4 Å². The van der Waals surface area contributed by atoms with Crippen LogP contribution < -0.4 is 16.4 Å². The summed E-state index contributed by atoms with van der Waals surface area (Å²) in [6.45, 7) is 1.94. The van der Waals surface area contributed by atoms with E-state index in [9.17, 15) is 9.59 Å². The Hall–Kier alpha value is -2.66. The minimum atomic E-state index is -0.629. The van der Waals surface area contributed by atoms with E-state index in [0.29, 0.717) is 12.1 Å². The van der Waals surface area contributed by atoms with Crippen LogP contribution in [-0.4, -0.2) is 24.4 Å². The summed E-state index contributed by atoms with van der Waals surface area (Å²) in [5.41, 5.74) is 8.93. The molecule has 2 rings (SSSR count). The number of carbonyl (C=O) groups excluding carboxylic acids is 2. The van der Waals surface area contributed by atoms with E-state index in [1.54, 1.807) is 12.1 Å². The van der Waals surface area contributed by atoms with Crippen molar-refractivity contribution < 1.29 is 9.59 Å². The van der Waals surface area contributed by atoms with Gasteiger partial charge in [0.2, 0.25) is 11.8 Å². The number of benzene rings is 2. The maximum absolute atomic E-state index is 12.0. The molecule has 126 valence electrons. The van der Waals surface area contributed by atoms with Crippen molar-refractivity contribution in [3.8, 4) is 0 Å². The highest BCUT2D eigenvalue weighted by molar-refractivity contribution is 5.95. The van der Waals surface area contributed by atoms with Gasteiger partial charge < -0.3 is 16.4 Å². The van der Waals surface area contributed by atoms with Gasteiger partial charge in [-0.3, -0.25) is 9.59 Å². The van der Waals surface area contributed by atoms with Crippen LogP contribution in [0.5, 0.6) is 0 Å². The van der Waals surface area contributed by atoms with Crippen LogP contribution in [-0.2, 0) is 16.0 Å². The molecule has 2 aromatic rings. The van der Waals surface area contributed by atoms with E-state index < -0.39 is 6.04 Å². The van der Waals surface area contributed by atoms with Crippen LogP contribution in [0.1, 0.15) is 17.5 Å². The van der Waals surface area contributed by atoms with E-state index >= 15 is 0 Å². The molecule has 0 saturated heterocycles. The van der Waals surface area contributed by atoms with E-state index in [1.165, 1.54) is 5.56 Å². The van der Waals surface area contributed by atoms with E-state index in [1.807, 2.05) is 49.4 Å². The van der Waals surface area contributed by atoms with Gasteiger partial charge in [0.25, 0.3) is 0 Å². The van der Waals surface area contributed by atoms with Crippen LogP contribution in [0, 0.1) is 6.92 Å². The van der Waals surface area contributed by atoms with E-state index in [0.717, 1.165) is 12.0 Å². The van der Waals surface area contributed by atoms with Crippen LogP contribution >= 0.6 is 0 Å². The van der Waals surface area contributed by atoms with Gasteiger partial charge in [-0.1, -0.05) is 48.0 Å². The van der Waals surface area contributed by atoms with Crippen molar-refractivity contribution >= 4 is 17.5 Å². The molecule has 0 fully saturated rings. The van der Waals surface area contributed by atoms with Crippen LogP contribution in [0.25, 0.3) is 0 Å². The van der Waals surface area contributed by atoms with Gasteiger partial charge in [0, 0.05) is 5.69 Å². The summed E-state index contributed by atoms with van der Waals surface area (Å²) >= 11 is 0. The maximum atomic E-state index is 12.0. The molecule has 5 nitrogen and oxygen atoms in total. The Morgan fingerprint density at radius 2 is 1.71 bits per heavy atom. The molecule has 0 unspecified atom stereocenters. The van der Waals surface area contributed by atoms with Crippen molar-refractivity contribution in [2.75, 3.05) is 11.9 Å². The summed E-state index contributed by atoms with van der Waals surface area (Å²) in [6.07, 6.45) is 1.26. The molecular weight excluding hydrogens is 302 g/mol. The van der Waals surface area contributed by atoms with Crippen molar-refractivity contribution in [1.29, 1.82) is 0 Å². The first-order valence-corrected chi connectivity index (χ1v) is 7.98. The Kier molecular flexibility index (Phi) is 6.51. The zero-order valence-corrected chi connectivity index (χ0v) is 13.8. The van der Waals surface area contributed by atoms with Gasteiger partial charge in [-0.05, 0) is 37.5 Å². The van der Waals surface area contributed by atoms with E-state index in [2.05, 4.69) is 10.6 Å². The largest absolute Gasteiger partial charge is 0.346 e. The van der Waals surface area contributed by atoms with Gasteiger partial charge in [0.05, 0.1) is 12.6 Å². The quantitative estimate of drug-likeness (QED) is 0.728. The number of nitrogens with two attached hydrogens (primary N) is 1. The van der Waals surface area contributed by atoms with E-state index in [4.69, 9.17) is 5.73 Å². The highest BCUT2D eigenvalue weighted by Gasteiger charge is 2.14. The number of amides is 2. The standard InChI is InChI=1S/C19H23N3O2/c1-14-7-9-15(10-8-14)11-12-17(20)19(24)21-13-18(23)22-16-5-3-2-4-6-16/h2-10,17H,11-13,20H2,1H3,(H,21,24)(H,22,23)/t17-/m0/s1. The fourth-order valence-electron chi connectivity index (χ4n) is 2.23. The minimum absolute atomic E-state index is 0.0913. The second-order valence-electron chi connectivity index (χ2n) is 5.76. The Bertz CT molecular complexity index is 669. The van der Waals surface area contributed by atoms with Crippen molar-refractivity contribution in [1.82, 2.24) is 5.32 Å². The van der Waals surface area contributed by atoms with Crippen molar-refractivity contribution in [2.24, 2.45) is 5.73 Å². The molecule has 0 saturated carbocycles. The molecule has 0 bridgehead atoms. The third-order valence-electron chi connectivity index (χ3n) is 3.68. The first-order chi connectivity index (χ1) is 11.5. The Balaban J connectivity index is 1.71. The Morgan fingerprint density at radius 1 is 1.04 bits per heavy atom. The molecule has 0 spiro atoms. The lowest BCUT2D eigenvalue weighted by Gasteiger charge is -2.12. The summed E-state index contributed by atoms with van der Waals surface area (Å²) in [6, 6.07) is 16.6. The second-order valence-corrected chi connectivity index (χ2v) is 5.76. The fraction of sp³-hybridized carbons (Fsp3) is 0.263. The number of hydrogen-bond acceptors (Lipinski definition) is 3. The Morgan fingerprint density at radius 3 is 2.38 bits per heavy atom. The molecule has 2 aromatic carbocycles. The van der Waals surface area contributed by atoms with Crippen LogP contribution in [0.3, 0.4) is 0 Å². The molecular formula is C19H23N3O2. The number of nitrogens with one attached hydrogen (secondary N) is 2. The molecule has 1 atom stereocenters. The molecule has 0 aliphatic carbocycles. The molecule has 0 heterocycles. The molecule has 0 aliphatic rings. The topological polar surface area (TPSA) is 84.2 Å².